The molecule has 0 saturated carbocycles. The van der Waals surface area contributed by atoms with Gasteiger partial charge in [-0.3, -0.25) is 0 Å². The van der Waals surface area contributed by atoms with E-state index in [1.54, 1.807) is 0 Å². The number of aromatic nitrogens is 2. The van der Waals surface area contributed by atoms with E-state index in [2.05, 4.69) is 27.6 Å². The molecule has 0 amide bonds. The summed E-state index contributed by atoms with van der Waals surface area (Å²) in [5.41, 5.74) is 1.18. The fraction of sp³-hybridized carbons (Fsp3) is 0.467. The maximum absolute atomic E-state index is 5.63. The third-order valence-corrected chi connectivity index (χ3v) is 3.38. The molecule has 0 aliphatic carbocycles. The first kappa shape index (κ1) is 13.3. The summed E-state index contributed by atoms with van der Waals surface area (Å²) in [4.78, 5) is 0. The van der Waals surface area contributed by atoms with Gasteiger partial charge in [-0.2, -0.15) is 0 Å². The van der Waals surface area contributed by atoms with Crippen molar-refractivity contribution in [2.24, 2.45) is 0 Å². The van der Waals surface area contributed by atoms with Crippen LogP contribution in [-0.2, 0) is 17.7 Å². The van der Waals surface area contributed by atoms with Crippen molar-refractivity contribution in [2.45, 2.75) is 31.9 Å². The number of hydrogen-bond donors (Lipinski definition) is 1. The predicted molar refractivity (Wildman–Crippen MR) is 74.2 cm³/mol. The van der Waals surface area contributed by atoms with Crippen molar-refractivity contribution < 1.29 is 9.15 Å². The van der Waals surface area contributed by atoms with Crippen LogP contribution in [0.2, 0.25) is 0 Å². The van der Waals surface area contributed by atoms with Crippen LogP contribution >= 0.6 is 0 Å². The second kappa shape index (κ2) is 6.63. The van der Waals surface area contributed by atoms with Gasteiger partial charge in [0, 0.05) is 13.2 Å². The van der Waals surface area contributed by atoms with Gasteiger partial charge < -0.3 is 14.5 Å². The van der Waals surface area contributed by atoms with E-state index in [1.165, 1.54) is 5.56 Å². The smallest absolute Gasteiger partial charge is 0.230 e. The van der Waals surface area contributed by atoms with Gasteiger partial charge in [-0.05, 0) is 18.4 Å². The van der Waals surface area contributed by atoms with E-state index in [4.69, 9.17) is 9.15 Å². The molecular formula is C15H19N3O2. The van der Waals surface area contributed by atoms with Crippen molar-refractivity contribution in [1.29, 1.82) is 0 Å². The minimum atomic E-state index is 0.335. The molecule has 5 nitrogen and oxygen atoms in total. The molecule has 0 radical (unpaired) electrons. The van der Waals surface area contributed by atoms with Gasteiger partial charge in [0.2, 0.25) is 11.8 Å². The highest BCUT2D eigenvalue weighted by molar-refractivity contribution is 5.17. The molecule has 1 atom stereocenters. The fourth-order valence-corrected chi connectivity index (χ4v) is 2.35. The third kappa shape index (κ3) is 3.65. The van der Waals surface area contributed by atoms with Crippen molar-refractivity contribution >= 4 is 0 Å². The van der Waals surface area contributed by atoms with Gasteiger partial charge in [0.15, 0.2) is 0 Å². The van der Waals surface area contributed by atoms with E-state index in [0.717, 1.165) is 26.0 Å². The minimum absolute atomic E-state index is 0.335. The highest BCUT2D eigenvalue weighted by Crippen LogP contribution is 2.11. The lowest BCUT2D eigenvalue weighted by Crippen LogP contribution is -2.25. The molecule has 1 unspecified atom stereocenters. The van der Waals surface area contributed by atoms with E-state index < -0.39 is 0 Å². The monoisotopic (exact) mass is 273 g/mol. The molecule has 2 heterocycles. The Morgan fingerprint density at radius 3 is 2.80 bits per heavy atom. The maximum atomic E-state index is 5.63. The molecular weight excluding hydrogens is 254 g/mol. The number of benzene rings is 1. The second-order valence-corrected chi connectivity index (χ2v) is 5.02. The van der Waals surface area contributed by atoms with Crippen LogP contribution in [0.15, 0.2) is 34.7 Å². The van der Waals surface area contributed by atoms with Gasteiger partial charge in [0.25, 0.3) is 0 Å². The Bertz CT molecular complexity index is 521. The van der Waals surface area contributed by atoms with E-state index in [-0.39, 0.29) is 0 Å². The van der Waals surface area contributed by atoms with Gasteiger partial charge >= 0.3 is 0 Å². The summed E-state index contributed by atoms with van der Waals surface area (Å²) in [5, 5.41) is 11.4. The van der Waals surface area contributed by atoms with Crippen molar-refractivity contribution in [2.75, 3.05) is 13.2 Å². The molecule has 20 heavy (non-hydrogen) atoms. The van der Waals surface area contributed by atoms with Crippen LogP contribution < -0.4 is 5.32 Å². The minimum Gasteiger partial charge on any atom is -0.424 e. The topological polar surface area (TPSA) is 60.2 Å². The first-order valence-corrected chi connectivity index (χ1v) is 7.07. The van der Waals surface area contributed by atoms with E-state index in [0.29, 0.717) is 30.9 Å². The summed E-state index contributed by atoms with van der Waals surface area (Å²) in [6.07, 6.45) is 3.31. The van der Waals surface area contributed by atoms with Crippen molar-refractivity contribution in [1.82, 2.24) is 15.5 Å². The molecule has 1 aromatic heterocycles. The molecule has 2 aromatic rings. The Labute approximate surface area is 118 Å². The number of nitrogens with one attached hydrogen (secondary N) is 1. The maximum Gasteiger partial charge on any atom is 0.230 e. The summed E-state index contributed by atoms with van der Waals surface area (Å²) >= 11 is 0. The van der Waals surface area contributed by atoms with Gasteiger partial charge in [0.05, 0.1) is 19.1 Å². The predicted octanol–water partition coefficient (Wildman–Crippen LogP) is 1.93. The molecule has 3 rings (SSSR count). The lowest BCUT2D eigenvalue weighted by Gasteiger charge is -2.08. The zero-order valence-electron chi connectivity index (χ0n) is 11.4. The van der Waals surface area contributed by atoms with Gasteiger partial charge in [-0.15, -0.1) is 10.2 Å². The summed E-state index contributed by atoms with van der Waals surface area (Å²) in [5.74, 6) is 1.29. The van der Waals surface area contributed by atoms with Gasteiger partial charge in [-0.25, -0.2) is 0 Å². The summed E-state index contributed by atoms with van der Waals surface area (Å²) in [7, 11) is 0. The Hall–Kier alpha value is -1.72. The molecule has 106 valence electrons. The molecule has 0 bridgehead atoms. The number of nitrogens with zero attached hydrogens (tertiary/aromatic N) is 2. The second-order valence-electron chi connectivity index (χ2n) is 5.02. The van der Waals surface area contributed by atoms with Gasteiger partial charge in [0.1, 0.15) is 0 Å². The van der Waals surface area contributed by atoms with Crippen LogP contribution in [-0.4, -0.2) is 29.5 Å². The largest absolute Gasteiger partial charge is 0.424 e. The van der Waals surface area contributed by atoms with Crippen LogP contribution in [0.1, 0.15) is 30.2 Å². The number of rotatable bonds is 6. The summed E-state index contributed by atoms with van der Waals surface area (Å²) in [6, 6.07) is 10.1. The Kier molecular flexibility index (Phi) is 4.40. The first-order valence-electron chi connectivity index (χ1n) is 7.07. The molecule has 1 fully saturated rings. The highest BCUT2D eigenvalue weighted by atomic mass is 16.5. The van der Waals surface area contributed by atoms with Crippen LogP contribution in [0.25, 0.3) is 0 Å². The lowest BCUT2D eigenvalue weighted by molar-refractivity contribution is 0.109. The molecule has 1 N–H and O–H groups in total. The third-order valence-electron chi connectivity index (χ3n) is 3.38. The number of ether oxygens (including phenoxy) is 1. The standard InChI is InChI=1S/C15H19N3O2/c1-2-5-12(6-3-1)9-14-17-18-15(20-14)11-16-10-13-7-4-8-19-13/h1-3,5-6,13,16H,4,7-11H2. The zero-order chi connectivity index (χ0) is 13.6. The molecule has 1 saturated heterocycles. The fourth-order valence-electron chi connectivity index (χ4n) is 2.35. The van der Waals surface area contributed by atoms with Crippen molar-refractivity contribution in [3.8, 4) is 0 Å². The van der Waals surface area contributed by atoms with Crippen LogP contribution in [0.3, 0.4) is 0 Å². The molecule has 1 aliphatic heterocycles. The average molecular weight is 273 g/mol. The van der Waals surface area contributed by atoms with E-state index >= 15 is 0 Å². The van der Waals surface area contributed by atoms with Crippen LogP contribution in [0, 0.1) is 0 Å². The van der Waals surface area contributed by atoms with Gasteiger partial charge in [-0.1, -0.05) is 30.3 Å². The SMILES string of the molecule is c1ccc(Cc2nnc(CNCC3CCCO3)o2)cc1. The quantitative estimate of drug-likeness (QED) is 0.871. The zero-order valence-corrected chi connectivity index (χ0v) is 11.4. The van der Waals surface area contributed by atoms with Crippen LogP contribution in [0.5, 0.6) is 0 Å². The Morgan fingerprint density at radius 2 is 2.00 bits per heavy atom. The van der Waals surface area contributed by atoms with Crippen LogP contribution in [0.4, 0.5) is 0 Å². The molecule has 0 spiro atoms. The average Bonchev–Trinajstić information content (AvgIpc) is 3.12. The summed E-state index contributed by atoms with van der Waals surface area (Å²) in [6.45, 7) is 2.33. The molecule has 1 aliphatic rings. The lowest BCUT2D eigenvalue weighted by atomic mass is 10.2. The highest BCUT2D eigenvalue weighted by Gasteiger charge is 2.15. The van der Waals surface area contributed by atoms with E-state index in [9.17, 15) is 0 Å². The van der Waals surface area contributed by atoms with E-state index in [1.807, 2.05) is 18.2 Å². The summed E-state index contributed by atoms with van der Waals surface area (Å²) < 4.78 is 11.2. The Balaban J connectivity index is 1.46. The van der Waals surface area contributed by atoms with Crippen molar-refractivity contribution in [3.05, 3.63) is 47.7 Å². The number of hydrogen-bond acceptors (Lipinski definition) is 5. The Morgan fingerprint density at radius 1 is 1.15 bits per heavy atom. The normalized spacial score (nSPS) is 18.5. The molecule has 1 aromatic carbocycles. The first-order chi connectivity index (χ1) is 9.90. The molecule has 5 heteroatoms. The van der Waals surface area contributed by atoms with Crippen molar-refractivity contribution in [3.63, 3.8) is 0 Å².